The maximum Gasteiger partial charge on any atom is 0.319 e. The zero-order chi connectivity index (χ0) is 16.8. The Morgan fingerprint density at radius 3 is 2.91 bits per heavy atom. The van der Waals surface area contributed by atoms with Crippen LogP contribution in [0, 0.1) is 12.8 Å². The number of carbonyl (C=O) groups is 1. The molecule has 7 heteroatoms. The molecule has 7 nitrogen and oxygen atoms in total. The smallest absolute Gasteiger partial charge is 0.319 e. The number of aliphatic hydroxyl groups is 1. The highest BCUT2D eigenvalue weighted by Crippen LogP contribution is 2.19. The van der Waals surface area contributed by atoms with Crippen molar-refractivity contribution in [2.45, 2.75) is 33.1 Å². The van der Waals surface area contributed by atoms with Crippen molar-refractivity contribution in [1.29, 1.82) is 0 Å². The lowest BCUT2D eigenvalue weighted by Gasteiger charge is -2.16. The van der Waals surface area contributed by atoms with Gasteiger partial charge in [-0.05, 0) is 31.7 Å². The monoisotopic (exact) mass is 319 g/mol. The van der Waals surface area contributed by atoms with E-state index >= 15 is 0 Å². The van der Waals surface area contributed by atoms with E-state index in [4.69, 9.17) is 5.11 Å². The number of nitrogens with zero attached hydrogens (tertiary/aromatic N) is 3. The molecule has 0 saturated heterocycles. The standard InChI is InChI=1S/C16H25N5O2/c1-4-5-12(6-7-22)9-18-16(23)19-13-8-14-11(2)20-21(3)15(14)17-10-13/h8,10,12,22H,4-7,9H2,1-3H3,(H2,18,19,23). The third kappa shape index (κ3) is 4.41. The highest BCUT2D eigenvalue weighted by Gasteiger charge is 2.11. The summed E-state index contributed by atoms with van der Waals surface area (Å²) in [5.41, 5.74) is 2.31. The van der Waals surface area contributed by atoms with Crippen molar-refractivity contribution in [2.24, 2.45) is 13.0 Å². The first kappa shape index (κ1) is 17.2. The van der Waals surface area contributed by atoms with Gasteiger partial charge in [0.25, 0.3) is 0 Å². The van der Waals surface area contributed by atoms with Crippen molar-refractivity contribution >= 4 is 22.8 Å². The molecule has 126 valence electrons. The van der Waals surface area contributed by atoms with Gasteiger partial charge < -0.3 is 15.7 Å². The van der Waals surface area contributed by atoms with Crippen molar-refractivity contribution in [2.75, 3.05) is 18.5 Å². The predicted molar refractivity (Wildman–Crippen MR) is 90.4 cm³/mol. The Hall–Kier alpha value is -2.15. The Morgan fingerprint density at radius 1 is 1.43 bits per heavy atom. The number of anilines is 1. The van der Waals surface area contributed by atoms with E-state index in [0.29, 0.717) is 24.6 Å². The van der Waals surface area contributed by atoms with Crippen molar-refractivity contribution in [3.63, 3.8) is 0 Å². The molecule has 2 amide bonds. The molecule has 2 rings (SSSR count). The SMILES string of the molecule is CCCC(CCO)CNC(=O)Nc1cnc2c(c1)c(C)nn2C. The van der Waals surface area contributed by atoms with Gasteiger partial charge in [-0.25, -0.2) is 9.78 Å². The van der Waals surface area contributed by atoms with Crippen LogP contribution in [0.3, 0.4) is 0 Å². The Labute approximate surface area is 136 Å². The number of hydrogen-bond acceptors (Lipinski definition) is 4. The van der Waals surface area contributed by atoms with E-state index in [-0.39, 0.29) is 12.6 Å². The molecule has 23 heavy (non-hydrogen) atoms. The number of carbonyl (C=O) groups excluding carboxylic acids is 1. The number of aliphatic hydroxyl groups excluding tert-OH is 1. The van der Waals surface area contributed by atoms with Crippen molar-refractivity contribution in [1.82, 2.24) is 20.1 Å². The second kappa shape index (κ2) is 7.92. The van der Waals surface area contributed by atoms with E-state index in [2.05, 4.69) is 27.6 Å². The third-order valence-corrected chi connectivity index (χ3v) is 3.91. The quantitative estimate of drug-likeness (QED) is 0.729. The number of fused-ring (bicyclic) bond motifs is 1. The number of pyridine rings is 1. The fraction of sp³-hybridized carbons (Fsp3) is 0.562. The maximum atomic E-state index is 12.0. The summed E-state index contributed by atoms with van der Waals surface area (Å²) in [6.07, 6.45) is 4.36. The number of rotatable bonds is 7. The number of nitrogens with one attached hydrogen (secondary N) is 2. The molecule has 0 fully saturated rings. The van der Waals surface area contributed by atoms with Gasteiger partial charge in [-0.2, -0.15) is 5.10 Å². The van der Waals surface area contributed by atoms with Crippen molar-refractivity contribution in [3.8, 4) is 0 Å². The van der Waals surface area contributed by atoms with Gasteiger partial charge in [0.2, 0.25) is 0 Å². The summed E-state index contributed by atoms with van der Waals surface area (Å²) in [7, 11) is 1.84. The molecule has 0 radical (unpaired) electrons. The molecule has 1 unspecified atom stereocenters. The zero-order valence-electron chi connectivity index (χ0n) is 14.0. The molecule has 2 aromatic heterocycles. The highest BCUT2D eigenvalue weighted by atomic mass is 16.3. The van der Waals surface area contributed by atoms with E-state index < -0.39 is 0 Å². The summed E-state index contributed by atoms with van der Waals surface area (Å²) >= 11 is 0. The normalized spacial score (nSPS) is 12.3. The van der Waals surface area contributed by atoms with E-state index in [1.54, 1.807) is 10.9 Å². The summed E-state index contributed by atoms with van der Waals surface area (Å²) in [5.74, 6) is 0.303. The van der Waals surface area contributed by atoms with E-state index in [9.17, 15) is 4.79 Å². The number of amides is 2. The van der Waals surface area contributed by atoms with E-state index in [0.717, 1.165) is 29.6 Å². The predicted octanol–water partition coefficient (Wildman–Crippen LogP) is 2.20. The molecule has 0 bridgehead atoms. The molecule has 0 spiro atoms. The average Bonchev–Trinajstić information content (AvgIpc) is 2.80. The minimum Gasteiger partial charge on any atom is -0.396 e. The summed E-state index contributed by atoms with van der Waals surface area (Å²) in [4.78, 5) is 16.4. The second-order valence-electron chi connectivity index (χ2n) is 5.81. The number of hydrogen-bond donors (Lipinski definition) is 3. The van der Waals surface area contributed by atoms with Gasteiger partial charge in [0.05, 0.1) is 17.6 Å². The van der Waals surface area contributed by atoms with Crippen LogP contribution in [0.5, 0.6) is 0 Å². The lowest BCUT2D eigenvalue weighted by Crippen LogP contribution is -2.33. The van der Waals surface area contributed by atoms with E-state index in [1.165, 1.54) is 0 Å². The van der Waals surface area contributed by atoms with E-state index in [1.807, 2.05) is 20.0 Å². The van der Waals surface area contributed by atoms with Gasteiger partial charge in [-0.1, -0.05) is 13.3 Å². The summed E-state index contributed by atoms with van der Waals surface area (Å²) < 4.78 is 1.72. The van der Waals surface area contributed by atoms with Crippen LogP contribution in [0.1, 0.15) is 31.9 Å². The maximum absolute atomic E-state index is 12.0. The van der Waals surface area contributed by atoms with Crippen LogP contribution in [0.25, 0.3) is 11.0 Å². The minimum absolute atomic E-state index is 0.148. The van der Waals surface area contributed by atoms with Crippen LogP contribution in [-0.2, 0) is 7.05 Å². The summed E-state index contributed by atoms with van der Waals surface area (Å²) in [6.45, 7) is 4.72. The number of urea groups is 1. The largest absolute Gasteiger partial charge is 0.396 e. The summed E-state index contributed by atoms with van der Waals surface area (Å²) in [5, 5.41) is 19.9. The van der Waals surface area contributed by atoms with Gasteiger partial charge in [0.15, 0.2) is 5.65 Å². The number of aryl methyl sites for hydroxylation is 2. The van der Waals surface area contributed by atoms with Crippen molar-refractivity contribution in [3.05, 3.63) is 18.0 Å². The first-order chi connectivity index (χ1) is 11.0. The molecule has 3 N–H and O–H groups in total. The molecule has 0 saturated carbocycles. The molecule has 2 heterocycles. The third-order valence-electron chi connectivity index (χ3n) is 3.91. The first-order valence-corrected chi connectivity index (χ1v) is 8.00. The van der Waals surface area contributed by atoms with Crippen LogP contribution < -0.4 is 10.6 Å². The fourth-order valence-corrected chi connectivity index (χ4v) is 2.73. The Bertz CT molecular complexity index is 662. The van der Waals surface area contributed by atoms with Gasteiger partial charge in [0.1, 0.15) is 0 Å². The fourth-order valence-electron chi connectivity index (χ4n) is 2.73. The lowest BCUT2D eigenvalue weighted by molar-refractivity contribution is 0.237. The number of aromatic nitrogens is 3. The minimum atomic E-state index is -0.258. The van der Waals surface area contributed by atoms with Gasteiger partial charge in [0, 0.05) is 25.6 Å². The van der Waals surface area contributed by atoms with Gasteiger partial charge >= 0.3 is 6.03 Å². The van der Waals surface area contributed by atoms with Crippen LogP contribution in [0.2, 0.25) is 0 Å². The first-order valence-electron chi connectivity index (χ1n) is 8.00. The molecular formula is C16H25N5O2. The molecule has 0 aromatic carbocycles. The summed E-state index contributed by atoms with van der Waals surface area (Å²) in [6, 6.07) is 1.62. The van der Waals surface area contributed by atoms with Crippen LogP contribution in [-0.4, -0.2) is 39.1 Å². The molecule has 1 atom stereocenters. The molecular weight excluding hydrogens is 294 g/mol. The Balaban J connectivity index is 1.96. The van der Waals surface area contributed by atoms with Crippen LogP contribution >= 0.6 is 0 Å². The molecule has 0 aliphatic heterocycles. The zero-order valence-corrected chi connectivity index (χ0v) is 14.0. The second-order valence-corrected chi connectivity index (χ2v) is 5.81. The van der Waals surface area contributed by atoms with Crippen LogP contribution in [0.4, 0.5) is 10.5 Å². The molecule has 2 aromatic rings. The van der Waals surface area contributed by atoms with Gasteiger partial charge in [-0.3, -0.25) is 4.68 Å². The average molecular weight is 319 g/mol. The van der Waals surface area contributed by atoms with Crippen LogP contribution in [0.15, 0.2) is 12.3 Å². The topological polar surface area (TPSA) is 92.1 Å². The molecule has 0 aliphatic carbocycles. The Kier molecular flexibility index (Phi) is 5.92. The van der Waals surface area contributed by atoms with Gasteiger partial charge in [-0.15, -0.1) is 0 Å². The molecule has 0 aliphatic rings. The Morgan fingerprint density at radius 2 is 2.22 bits per heavy atom. The van der Waals surface area contributed by atoms with Crippen molar-refractivity contribution < 1.29 is 9.90 Å². The highest BCUT2D eigenvalue weighted by molar-refractivity contribution is 5.92. The lowest BCUT2D eigenvalue weighted by atomic mass is 10.0.